The Kier molecular flexibility index (Phi) is 0.946. The van der Waals surface area contributed by atoms with Gasteiger partial charge in [-0.05, 0) is 12.5 Å². The normalized spacial score (nSPS) is 16.4. The predicted octanol–water partition coefficient (Wildman–Crippen LogP) is 0.268. The Morgan fingerprint density at radius 3 is 3.56 bits per heavy atom. The molecular weight excluding hydrogens is 116 g/mol. The van der Waals surface area contributed by atoms with E-state index in [2.05, 4.69) is 11.5 Å². The summed E-state index contributed by atoms with van der Waals surface area (Å²) < 4.78 is 0. The highest BCUT2D eigenvalue weighted by atomic mass is 16.7. The third-order valence-electron chi connectivity index (χ3n) is 1.32. The molecule has 3 heteroatoms. The van der Waals surface area contributed by atoms with E-state index >= 15 is 0 Å². The Labute approximate surface area is 53.2 Å². The Balaban J connectivity index is 2.39. The largest absolute Gasteiger partial charge is 0.396 e. The van der Waals surface area contributed by atoms with Gasteiger partial charge in [-0.15, -0.1) is 9.94 Å². The van der Waals surface area contributed by atoms with Crippen molar-refractivity contribution in [3.63, 3.8) is 0 Å². The summed E-state index contributed by atoms with van der Waals surface area (Å²) in [4.78, 5) is 6.68. The van der Waals surface area contributed by atoms with Crippen LogP contribution in [0.3, 0.4) is 0 Å². The lowest BCUT2D eigenvalue weighted by molar-refractivity contribution is 0.0676. The molecule has 1 radical (unpaired) electrons. The zero-order chi connectivity index (χ0) is 6.10. The molecule has 47 valence electrons. The second-order valence-corrected chi connectivity index (χ2v) is 1.96. The fourth-order valence-corrected chi connectivity index (χ4v) is 0.901. The highest BCUT2D eigenvalue weighted by molar-refractivity contribution is 5.11. The van der Waals surface area contributed by atoms with E-state index in [-0.39, 0.29) is 0 Å². The molecule has 0 N–H and O–H groups in total. The van der Waals surface area contributed by atoms with Gasteiger partial charge in [0.1, 0.15) is 6.61 Å². The highest BCUT2D eigenvalue weighted by Crippen LogP contribution is 2.07. The van der Waals surface area contributed by atoms with Gasteiger partial charge < -0.3 is 4.84 Å². The molecule has 1 aliphatic rings. The standard InChI is InChI=1S/C6H7N2O/c1-2-6-3-4-7-8(6)9-5-1/h2-4H,1,5H2. The third-order valence-corrected chi connectivity index (χ3v) is 1.32. The van der Waals surface area contributed by atoms with Crippen molar-refractivity contribution < 1.29 is 4.84 Å². The Hall–Kier alpha value is -0.990. The number of nitrogens with zero attached hydrogens (tertiary/aromatic N) is 2. The van der Waals surface area contributed by atoms with Crippen LogP contribution >= 0.6 is 0 Å². The van der Waals surface area contributed by atoms with Gasteiger partial charge in [-0.1, -0.05) is 0 Å². The van der Waals surface area contributed by atoms with Crippen LogP contribution in [0, 0.1) is 6.42 Å². The molecule has 0 bridgehead atoms. The van der Waals surface area contributed by atoms with E-state index < -0.39 is 0 Å². The monoisotopic (exact) mass is 123 g/mol. The van der Waals surface area contributed by atoms with E-state index in [9.17, 15) is 0 Å². The van der Waals surface area contributed by atoms with Gasteiger partial charge in [-0.25, -0.2) is 0 Å². The van der Waals surface area contributed by atoms with Crippen molar-refractivity contribution in [3.05, 3.63) is 24.4 Å². The van der Waals surface area contributed by atoms with Crippen LogP contribution in [0.25, 0.3) is 0 Å². The summed E-state index contributed by atoms with van der Waals surface area (Å²) >= 11 is 0. The molecule has 0 aliphatic carbocycles. The van der Waals surface area contributed by atoms with Crippen molar-refractivity contribution >= 4 is 0 Å². The quantitative estimate of drug-likeness (QED) is 0.495. The highest BCUT2D eigenvalue weighted by Gasteiger charge is 2.07. The molecular formula is C6H7N2O. The average molecular weight is 123 g/mol. The first-order valence-corrected chi connectivity index (χ1v) is 2.97. The fourth-order valence-electron chi connectivity index (χ4n) is 0.901. The topological polar surface area (TPSA) is 27.1 Å². The SMILES string of the molecule is [CH]1CCOn2nccc21. The van der Waals surface area contributed by atoms with Crippen LogP contribution in [0.2, 0.25) is 0 Å². The molecule has 1 aromatic rings. The molecule has 3 nitrogen and oxygen atoms in total. The summed E-state index contributed by atoms with van der Waals surface area (Å²) in [5.41, 5.74) is 1.06. The summed E-state index contributed by atoms with van der Waals surface area (Å²) in [6.07, 6.45) is 4.83. The molecule has 0 saturated carbocycles. The average Bonchev–Trinajstić information content (AvgIpc) is 2.33. The number of hydrogen-bond acceptors (Lipinski definition) is 2. The van der Waals surface area contributed by atoms with Gasteiger partial charge in [-0.2, -0.15) is 0 Å². The zero-order valence-electron chi connectivity index (χ0n) is 4.95. The van der Waals surface area contributed by atoms with Gasteiger partial charge in [0.25, 0.3) is 0 Å². The molecule has 0 fully saturated rings. The maximum atomic E-state index is 5.14. The molecule has 0 saturated heterocycles. The zero-order valence-corrected chi connectivity index (χ0v) is 4.95. The van der Waals surface area contributed by atoms with Crippen molar-refractivity contribution in [1.29, 1.82) is 0 Å². The molecule has 2 heterocycles. The minimum Gasteiger partial charge on any atom is -0.396 e. The number of rotatable bonds is 0. The molecule has 0 aromatic carbocycles. The summed E-state index contributed by atoms with van der Waals surface area (Å²) in [6, 6.07) is 1.93. The lowest BCUT2D eigenvalue weighted by atomic mass is 10.2. The molecule has 2 rings (SSSR count). The molecule has 0 spiro atoms. The van der Waals surface area contributed by atoms with Crippen LogP contribution in [0.5, 0.6) is 0 Å². The maximum absolute atomic E-state index is 5.14. The van der Waals surface area contributed by atoms with E-state index in [1.165, 1.54) is 0 Å². The Bertz CT molecular complexity index is 186. The van der Waals surface area contributed by atoms with E-state index in [0.717, 1.165) is 18.7 Å². The van der Waals surface area contributed by atoms with Gasteiger partial charge in [0, 0.05) is 6.42 Å². The van der Waals surface area contributed by atoms with E-state index in [0.29, 0.717) is 0 Å². The lowest BCUT2D eigenvalue weighted by Crippen LogP contribution is -2.21. The summed E-state index contributed by atoms with van der Waals surface area (Å²) in [7, 11) is 0. The van der Waals surface area contributed by atoms with Crippen LogP contribution < -0.4 is 4.84 Å². The van der Waals surface area contributed by atoms with E-state index in [4.69, 9.17) is 4.84 Å². The van der Waals surface area contributed by atoms with Gasteiger partial charge in [0.15, 0.2) is 0 Å². The van der Waals surface area contributed by atoms with Crippen LogP contribution in [-0.4, -0.2) is 16.6 Å². The second-order valence-electron chi connectivity index (χ2n) is 1.96. The fraction of sp³-hybridized carbons (Fsp3) is 0.333. The van der Waals surface area contributed by atoms with Gasteiger partial charge in [0.2, 0.25) is 0 Å². The molecule has 0 amide bonds. The Morgan fingerprint density at radius 1 is 1.67 bits per heavy atom. The van der Waals surface area contributed by atoms with Crippen LogP contribution in [0.4, 0.5) is 0 Å². The molecule has 9 heavy (non-hydrogen) atoms. The van der Waals surface area contributed by atoms with E-state index in [1.807, 2.05) is 6.07 Å². The van der Waals surface area contributed by atoms with Gasteiger partial charge >= 0.3 is 0 Å². The first-order chi connectivity index (χ1) is 4.47. The number of aromatic nitrogens is 2. The number of fused-ring (bicyclic) bond motifs is 1. The second kappa shape index (κ2) is 1.76. The lowest BCUT2D eigenvalue weighted by Gasteiger charge is -2.12. The van der Waals surface area contributed by atoms with Gasteiger partial charge in [-0.3, -0.25) is 0 Å². The minimum atomic E-state index is 0.745. The van der Waals surface area contributed by atoms with Crippen molar-refractivity contribution in [2.45, 2.75) is 6.42 Å². The smallest absolute Gasteiger partial charge is 0.117 e. The van der Waals surface area contributed by atoms with Gasteiger partial charge in [0.05, 0.1) is 11.9 Å². The van der Waals surface area contributed by atoms with Crippen LogP contribution in [-0.2, 0) is 0 Å². The van der Waals surface area contributed by atoms with Crippen molar-refractivity contribution in [1.82, 2.24) is 9.94 Å². The molecule has 0 atom stereocenters. The first kappa shape index (κ1) is 4.85. The first-order valence-electron chi connectivity index (χ1n) is 2.97. The molecule has 1 aliphatic heterocycles. The summed E-state index contributed by atoms with van der Waals surface area (Å²) in [5, 5.41) is 3.92. The Morgan fingerprint density at radius 2 is 2.67 bits per heavy atom. The minimum absolute atomic E-state index is 0.745. The summed E-state index contributed by atoms with van der Waals surface area (Å²) in [5.74, 6) is 0. The molecule has 0 unspecified atom stereocenters. The predicted molar refractivity (Wildman–Crippen MR) is 31.7 cm³/mol. The molecule has 1 aromatic heterocycles. The van der Waals surface area contributed by atoms with Crippen LogP contribution in [0.15, 0.2) is 12.3 Å². The van der Waals surface area contributed by atoms with E-state index in [1.54, 1.807) is 11.0 Å². The van der Waals surface area contributed by atoms with Crippen LogP contribution in [0.1, 0.15) is 12.1 Å². The van der Waals surface area contributed by atoms with Crippen molar-refractivity contribution in [3.8, 4) is 0 Å². The van der Waals surface area contributed by atoms with Crippen molar-refractivity contribution in [2.24, 2.45) is 0 Å². The summed E-state index contributed by atoms with van der Waals surface area (Å²) in [6.45, 7) is 0.745. The third kappa shape index (κ3) is 0.686. The maximum Gasteiger partial charge on any atom is 0.117 e. The number of hydrogen-bond donors (Lipinski definition) is 0. The van der Waals surface area contributed by atoms with Crippen molar-refractivity contribution in [2.75, 3.05) is 6.61 Å².